The number of rotatable bonds is 13. The quantitative estimate of drug-likeness (QED) is 0.102. The lowest BCUT2D eigenvalue weighted by Gasteiger charge is -2.16. The lowest BCUT2D eigenvalue weighted by atomic mass is 9.97. The van der Waals surface area contributed by atoms with E-state index in [1.807, 2.05) is 12.3 Å². The Labute approximate surface area is 183 Å². The number of nitrogens with zero attached hydrogens (tertiary/aromatic N) is 1. The molecule has 0 aromatic heterocycles. The van der Waals surface area contributed by atoms with Gasteiger partial charge in [0.15, 0.2) is 11.5 Å². The maximum Gasteiger partial charge on any atom is 0.165 e. The van der Waals surface area contributed by atoms with Crippen LogP contribution in [-0.4, -0.2) is 21.5 Å². The molecule has 0 saturated carbocycles. The van der Waals surface area contributed by atoms with E-state index in [2.05, 4.69) is 45.7 Å². The number of phenolic OH excluding ortho intramolecular Hbond substituents is 3. The number of hydrogen-bond acceptors (Lipinski definition) is 4. The van der Waals surface area contributed by atoms with E-state index in [0.717, 1.165) is 51.4 Å². The Kier molecular flexibility index (Phi) is 12.0. The standard InChI is InChI=1S/C26H41NO3/c1-6-8-10-15-21-23(27-18-11-9-7-2)24(28)22(26(30)25(21)29)17-16-20(5)14-12-13-19(3)4/h13,16,18,28-30H,6-12,14-15,17H2,1-5H3/b20-16+,27-18?. The van der Waals surface area contributed by atoms with Crippen molar-refractivity contribution in [2.75, 3.05) is 0 Å². The SMILES string of the molecule is CCCCC=Nc1c(O)c(C/C=C(\C)CCC=C(C)C)c(O)c(O)c1CCCCC. The second-order valence-electron chi connectivity index (χ2n) is 8.34. The third-order valence-corrected chi connectivity index (χ3v) is 5.28. The molecule has 0 unspecified atom stereocenters. The zero-order chi connectivity index (χ0) is 22.5. The van der Waals surface area contributed by atoms with E-state index in [4.69, 9.17) is 0 Å². The van der Waals surface area contributed by atoms with Gasteiger partial charge in [-0.2, -0.15) is 0 Å². The molecule has 0 aliphatic heterocycles. The molecule has 168 valence electrons. The summed E-state index contributed by atoms with van der Waals surface area (Å²) in [5, 5.41) is 32.2. The van der Waals surface area contributed by atoms with Crippen molar-refractivity contribution in [2.45, 2.75) is 98.8 Å². The first-order chi connectivity index (χ1) is 14.3. The summed E-state index contributed by atoms with van der Waals surface area (Å²) in [6, 6.07) is 0. The molecular weight excluding hydrogens is 374 g/mol. The van der Waals surface area contributed by atoms with Crippen LogP contribution in [0.1, 0.15) is 97.1 Å². The van der Waals surface area contributed by atoms with Gasteiger partial charge >= 0.3 is 0 Å². The van der Waals surface area contributed by atoms with Gasteiger partial charge in [0.2, 0.25) is 0 Å². The average Bonchev–Trinajstić information content (AvgIpc) is 2.70. The van der Waals surface area contributed by atoms with Crippen molar-refractivity contribution in [3.8, 4) is 17.2 Å². The Hall–Kier alpha value is -2.23. The van der Waals surface area contributed by atoms with Crippen LogP contribution in [0.5, 0.6) is 17.2 Å². The van der Waals surface area contributed by atoms with Crippen molar-refractivity contribution in [1.29, 1.82) is 0 Å². The Morgan fingerprint density at radius 3 is 2.10 bits per heavy atom. The maximum absolute atomic E-state index is 10.9. The minimum atomic E-state index is -0.222. The summed E-state index contributed by atoms with van der Waals surface area (Å²) in [6.45, 7) is 10.5. The highest BCUT2D eigenvalue weighted by atomic mass is 16.3. The van der Waals surface area contributed by atoms with Gasteiger partial charge in [0, 0.05) is 17.3 Å². The second kappa shape index (κ2) is 13.9. The van der Waals surface area contributed by atoms with Crippen LogP contribution < -0.4 is 0 Å². The highest BCUT2D eigenvalue weighted by molar-refractivity contribution is 5.76. The molecule has 30 heavy (non-hydrogen) atoms. The van der Waals surface area contributed by atoms with Gasteiger partial charge in [0.1, 0.15) is 11.4 Å². The fourth-order valence-electron chi connectivity index (χ4n) is 3.34. The van der Waals surface area contributed by atoms with Crippen molar-refractivity contribution in [2.24, 2.45) is 4.99 Å². The van der Waals surface area contributed by atoms with Gasteiger partial charge < -0.3 is 15.3 Å². The summed E-state index contributed by atoms with van der Waals surface area (Å²) in [5.41, 5.74) is 3.77. The van der Waals surface area contributed by atoms with Gasteiger partial charge in [-0.1, -0.05) is 56.4 Å². The molecule has 1 rings (SSSR count). The van der Waals surface area contributed by atoms with Gasteiger partial charge in [-0.15, -0.1) is 0 Å². The van der Waals surface area contributed by atoms with Crippen LogP contribution in [-0.2, 0) is 12.8 Å². The number of allylic oxidation sites excluding steroid dienone is 4. The molecule has 0 saturated heterocycles. The monoisotopic (exact) mass is 415 g/mol. The van der Waals surface area contributed by atoms with Crippen LogP contribution in [0.3, 0.4) is 0 Å². The third kappa shape index (κ3) is 8.25. The van der Waals surface area contributed by atoms with E-state index in [1.54, 1.807) is 0 Å². The van der Waals surface area contributed by atoms with Gasteiger partial charge in [0.05, 0.1) is 0 Å². The predicted molar refractivity (Wildman–Crippen MR) is 128 cm³/mol. The number of aromatic hydroxyl groups is 3. The third-order valence-electron chi connectivity index (χ3n) is 5.28. The van der Waals surface area contributed by atoms with Crippen LogP contribution in [0.15, 0.2) is 28.3 Å². The molecular formula is C26H41NO3. The van der Waals surface area contributed by atoms with E-state index >= 15 is 0 Å². The van der Waals surface area contributed by atoms with E-state index in [9.17, 15) is 15.3 Å². The number of phenols is 3. The molecule has 0 heterocycles. The van der Waals surface area contributed by atoms with Crippen LogP contribution in [0.2, 0.25) is 0 Å². The molecule has 0 spiro atoms. The van der Waals surface area contributed by atoms with E-state index < -0.39 is 0 Å². The van der Waals surface area contributed by atoms with E-state index in [1.165, 1.54) is 11.1 Å². The van der Waals surface area contributed by atoms with E-state index in [0.29, 0.717) is 29.7 Å². The first-order valence-corrected chi connectivity index (χ1v) is 11.4. The van der Waals surface area contributed by atoms with Crippen LogP contribution in [0.25, 0.3) is 0 Å². The normalized spacial score (nSPS) is 12.0. The average molecular weight is 416 g/mol. The second-order valence-corrected chi connectivity index (χ2v) is 8.34. The highest BCUT2D eigenvalue weighted by Crippen LogP contribution is 2.48. The summed E-state index contributed by atoms with van der Waals surface area (Å²) in [5.74, 6) is -0.380. The molecule has 4 nitrogen and oxygen atoms in total. The molecule has 3 N–H and O–H groups in total. The fraction of sp³-hybridized carbons (Fsp3) is 0.577. The smallest absolute Gasteiger partial charge is 0.165 e. The fourth-order valence-corrected chi connectivity index (χ4v) is 3.34. The molecule has 0 radical (unpaired) electrons. The Morgan fingerprint density at radius 1 is 0.800 bits per heavy atom. The molecule has 0 amide bonds. The lowest BCUT2D eigenvalue weighted by Crippen LogP contribution is -1.95. The zero-order valence-electron chi connectivity index (χ0n) is 19.6. The molecule has 0 aliphatic carbocycles. The summed E-state index contributed by atoms with van der Waals surface area (Å²) in [6.07, 6.45) is 14.7. The minimum Gasteiger partial charge on any atom is -0.505 e. The number of hydrogen-bond donors (Lipinski definition) is 3. The highest BCUT2D eigenvalue weighted by Gasteiger charge is 2.22. The first kappa shape index (κ1) is 25.8. The molecule has 1 aromatic rings. The summed E-state index contributed by atoms with van der Waals surface area (Å²) in [7, 11) is 0. The molecule has 0 fully saturated rings. The van der Waals surface area contributed by atoms with Crippen LogP contribution in [0.4, 0.5) is 5.69 Å². The van der Waals surface area contributed by atoms with Crippen molar-refractivity contribution in [3.63, 3.8) is 0 Å². The molecule has 0 bridgehead atoms. The number of unbranched alkanes of at least 4 members (excludes halogenated alkanes) is 4. The first-order valence-electron chi connectivity index (χ1n) is 11.4. The van der Waals surface area contributed by atoms with Gasteiger partial charge in [-0.05, 0) is 65.7 Å². The van der Waals surface area contributed by atoms with Crippen molar-refractivity contribution in [1.82, 2.24) is 0 Å². The van der Waals surface area contributed by atoms with Crippen LogP contribution in [0, 0.1) is 0 Å². The summed E-state index contributed by atoms with van der Waals surface area (Å²) >= 11 is 0. The summed E-state index contributed by atoms with van der Waals surface area (Å²) < 4.78 is 0. The van der Waals surface area contributed by atoms with Crippen molar-refractivity contribution < 1.29 is 15.3 Å². The molecule has 0 aliphatic rings. The Balaban J connectivity index is 3.21. The van der Waals surface area contributed by atoms with Gasteiger partial charge in [-0.3, -0.25) is 4.99 Å². The summed E-state index contributed by atoms with van der Waals surface area (Å²) in [4.78, 5) is 4.51. The lowest BCUT2D eigenvalue weighted by molar-refractivity contribution is 0.386. The van der Waals surface area contributed by atoms with Crippen molar-refractivity contribution >= 4 is 11.9 Å². The van der Waals surface area contributed by atoms with Gasteiger partial charge in [-0.25, -0.2) is 0 Å². The van der Waals surface area contributed by atoms with Crippen LogP contribution >= 0.6 is 0 Å². The predicted octanol–water partition coefficient (Wildman–Crippen LogP) is 7.66. The molecule has 4 heteroatoms. The molecule has 1 aromatic carbocycles. The Morgan fingerprint density at radius 2 is 1.47 bits per heavy atom. The van der Waals surface area contributed by atoms with Crippen molar-refractivity contribution in [3.05, 3.63) is 34.4 Å². The number of aliphatic imine (C=N–C) groups is 1. The largest absolute Gasteiger partial charge is 0.505 e. The van der Waals surface area contributed by atoms with E-state index in [-0.39, 0.29) is 17.2 Å². The Bertz CT molecular complexity index is 756. The van der Waals surface area contributed by atoms with Gasteiger partial charge in [0.25, 0.3) is 0 Å². The zero-order valence-corrected chi connectivity index (χ0v) is 19.6. The molecule has 0 atom stereocenters. The maximum atomic E-state index is 10.9. The minimum absolute atomic E-state index is 0.0158. The topological polar surface area (TPSA) is 73.1 Å². The number of benzene rings is 1.